The van der Waals surface area contributed by atoms with E-state index in [1.54, 1.807) is 7.05 Å². The number of rotatable bonds is 7. The van der Waals surface area contributed by atoms with Crippen LogP contribution in [-0.4, -0.2) is 61.4 Å². The van der Waals surface area contributed by atoms with Crippen LogP contribution in [-0.2, 0) is 14.4 Å². The Labute approximate surface area is 188 Å². The molecule has 2 amide bonds. The Bertz CT molecular complexity index is 879. The van der Waals surface area contributed by atoms with Crippen molar-refractivity contribution in [2.45, 2.75) is 56.9 Å². The number of carbonyl (C=O) groups is 3. The Kier molecular flexibility index (Phi) is 8.21. The number of likely N-dealkylation sites (N-methyl/N-ethyl adjacent to an activating group) is 1. The lowest BCUT2D eigenvalue weighted by Gasteiger charge is -2.32. The largest absolute Gasteiger partial charge is 0.480 e. The van der Waals surface area contributed by atoms with Gasteiger partial charge in [0.1, 0.15) is 18.4 Å². The number of aliphatic imine (C=N–C) groups is 1. The molecule has 5 N–H and O–H groups in total. The first kappa shape index (κ1) is 23.7. The van der Waals surface area contributed by atoms with E-state index in [-0.39, 0.29) is 24.3 Å². The van der Waals surface area contributed by atoms with Gasteiger partial charge in [0.05, 0.1) is 6.54 Å². The molecule has 32 heavy (non-hydrogen) atoms. The monoisotopic (exact) mass is 443 g/mol. The van der Waals surface area contributed by atoms with Gasteiger partial charge >= 0.3 is 5.97 Å². The normalized spacial score (nSPS) is 19.6. The van der Waals surface area contributed by atoms with Crippen LogP contribution in [0.3, 0.4) is 0 Å². The molecule has 1 aliphatic heterocycles. The molecule has 0 spiro atoms. The van der Waals surface area contributed by atoms with Gasteiger partial charge in [0.2, 0.25) is 11.8 Å². The molecule has 1 aliphatic carbocycles. The zero-order valence-electron chi connectivity index (χ0n) is 18.6. The maximum atomic E-state index is 12.5. The number of amidine groups is 1. The Hall–Kier alpha value is -2.94. The van der Waals surface area contributed by atoms with E-state index in [0.29, 0.717) is 11.5 Å². The van der Waals surface area contributed by atoms with Crippen LogP contribution >= 0.6 is 0 Å². The van der Waals surface area contributed by atoms with Gasteiger partial charge in [-0.15, -0.1) is 0 Å². The summed E-state index contributed by atoms with van der Waals surface area (Å²) < 4.78 is 0. The van der Waals surface area contributed by atoms with Crippen LogP contribution in [0, 0.1) is 0 Å². The maximum Gasteiger partial charge on any atom is 0.325 e. The minimum absolute atomic E-state index is 0.0140. The first-order valence-electron chi connectivity index (χ1n) is 11.3. The van der Waals surface area contributed by atoms with Crippen molar-refractivity contribution >= 4 is 29.3 Å². The average Bonchev–Trinajstić information content (AvgIpc) is 3.31. The molecule has 0 radical (unpaired) electrons. The molecule has 1 heterocycles. The van der Waals surface area contributed by atoms with E-state index in [4.69, 9.17) is 10.8 Å². The van der Waals surface area contributed by atoms with Crippen molar-refractivity contribution < 1.29 is 19.5 Å². The second-order valence-electron chi connectivity index (χ2n) is 8.39. The fourth-order valence-electron chi connectivity index (χ4n) is 4.73. The molecule has 1 atom stereocenters. The third-order valence-electron chi connectivity index (χ3n) is 6.27. The first-order chi connectivity index (χ1) is 15.4. The van der Waals surface area contributed by atoms with Crippen molar-refractivity contribution in [3.8, 4) is 0 Å². The number of nitrogens with zero attached hydrogens (tertiary/aromatic N) is 2. The molecular formula is C23H33N5O4. The van der Waals surface area contributed by atoms with E-state index in [2.05, 4.69) is 20.5 Å². The standard InChI is InChI=1S/C23H33N5O4/c1-25-23(32)19-8-5-11-28(19)18-10-9-16(12-17(18)15-6-3-2-4-7-15)22(26-14-21(30)31)27-20(29)13-24/h9-10,12,15,19H,2-8,11,13-14,24H2,1H3,(H,25,32)(H,30,31)(H,26,27,29)/t19-/m0/s1. The summed E-state index contributed by atoms with van der Waals surface area (Å²) in [6.45, 7) is 0.133. The zero-order valence-corrected chi connectivity index (χ0v) is 18.6. The minimum atomic E-state index is -1.08. The summed E-state index contributed by atoms with van der Waals surface area (Å²) in [6.07, 6.45) is 7.39. The van der Waals surface area contributed by atoms with Crippen LogP contribution in [0.2, 0.25) is 0 Å². The highest BCUT2D eigenvalue weighted by molar-refractivity contribution is 6.09. The molecule has 2 aliphatic rings. The summed E-state index contributed by atoms with van der Waals surface area (Å²) in [5, 5.41) is 14.5. The van der Waals surface area contributed by atoms with Gasteiger partial charge in [0.15, 0.2) is 0 Å². The molecule has 1 saturated carbocycles. The second-order valence-corrected chi connectivity index (χ2v) is 8.39. The fraction of sp³-hybridized carbons (Fsp3) is 0.565. The number of nitrogens with one attached hydrogen (secondary N) is 2. The van der Waals surface area contributed by atoms with E-state index in [1.165, 1.54) is 6.42 Å². The number of carbonyl (C=O) groups excluding carboxylic acids is 2. The number of amides is 2. The van der Waals surface area contributed by atoms with Crippen molar-refractivity contribution in [2.75, 3.05) is 31.6 Å². The lowest BCUT2D eigenvalue weighted by Crippen LogP contribution is -2.42. The molecule has 174 valence electrons. The van der Waals surface area contributed by atoms with Crippen molar-refractivity contribution in [3.05, 3.63) is 29.3 Å². The van der Waals surface area contributed by atoms with Gasteiger partial charge < -0.3 is 26.4 Å². The number of nitrogens with two attached hydrogens (primary N) is 1. The third kappa shape index (κ3) is 5.64. The first-order valence-corrected chi connectivity index (χ1v) is 11.3. The number of hydrogen-bond donors (Lipinski definition) is 4. The minimum Gasteiger partial charge on any atom is -0.480 e. The Morgan fingerprint density at radius 3 is 2.56 bits per heavy atom. The van der Waals surface area contributed by atoms with E-state index in [0.717, 1.165) is 56.3 Å². The summed E-state index contributed by atoms with van der Waals surface area (Å²) in [5.74, 6) is -0.956. The van der Waals surface area contributed by atoms with Crippen LogP contribution in [0.5, 0.6) is 0 Å². The van der Waals surface area contributed by atoms with Gasteiger partial charge in [-0.2, -0.15) is 0 Å². The second kappa shape index (κ2) is 11.1. The molecule has 1 aromatic carbocycles. The lowest BCUT2D eigenvalue weighted by molar-refractivity contribution is -0.135. The van der Waals surface area contributed by atoms with E-state index < -0.39 is 18.4 Å². The summed E-state index contributed by atoms with van der Waals surface area (Å²) in [5.41, 5.74) is 8.25. The van der Waals surface area contributed by atoms with E-state index in [1.807, 2.05) is 18.2 Å². The van der Waals surface area contributed by atoms with Gasteiger partial charge in [-0.3, -0.25) is 19.4 Å². The number of carboxylic acids is 1. The number of hydrogen-bond acceptors (Lipinski definition) is 6. The third-order valence-corrected chi connectivity index (χ3v) is 6.27. The van der Waals surface area contributed by atoms with Crippen molar-refractivity contribution in [3.63, 3.8) is 0 Å². The average molecular weight is 444 g/mol. The molecule has 1 saturated heterocycles. The highest BCUT2D eigenvalue weighted by Crippen LogP contribution is 2.40. The van der Waals surface area contributed by atoms with E-state index in [9.17, 15) is 14.4 Å². The molecule has 9 nitrogen and oxygen atoms in total. The molecule has 9 heteroatoms. The highest BCUT2D eigenvalue weighted by atomic mass is 16.4. The summed E-state index contributed by atoms with van der Waals surface area (Å²) in [7, 11) is 1.66. The number of carboxylic acid groups (broad SMARTS) is 1. The smallest absolute Gasteiger partial charge is 0.325 e. The van der Waals surface area contributed by atoms with Gasteiger partial charge in [-0.05, 0) is 55.4 Å². The van der Waals surface area contributed by atoms with Gasteiger partial charge in [-0.1, -0.05) is 19.3 Å². The Morgan fingerprint density at radius 1 is 1.16 bits per heavy atom. The molecule has 1 aromatic rings. The highest BCUT2D eigenvalue weighted by Gasteiger charge is 2.33. The van der Waals surface area contributed by atoms with Crippen LogP contribution < -0.4 is 21.3 Å². The topological polar surface area (TPSA) is 137 Å². The van der Waals surface area contributed by atoms with Crippen LogP contribution in [0.4, 0.5) is 5.69 Å². The van der Waals surface area contributed by atoms with Gasteiger partial charge in [0.25, 0.3) is 0 Å². The van der Waals surface area contributed by atoms with Crippen molar-refractivity contribution in [2.24, 2.45) is 10.7 Å². The quantitative estimate of drug-likeness (QED) is 0.371. The summed E-state index contributed by atoms with van der Waals surface area (Å²) in [6, 6.07) is 5.61. The van der Waals surface area contributed by atoms with Crippen LogP contribution in [0.25, 0.3) is 0 Å². The molecular weight excluding hydrogens is 410 g/mol. The molecule has 3 rings (SSSR count). The molecule has 0 bridgehead atoms. The van der Waals surface area contributed by atoms with Gasteiger partial charge in [0, 0.05) is 24.8 Å². The van der Waals surface area contributed by atoms with Crippen molar-refractivity contribution in [1.82, 2.24) is 10.6 Å². The maximum absolute atomic E-state index is 12.5. The van der Waals surface area contributed by atoms with Crippen molar-refractivity contribution in [1.29, 1.82) is 0 Å². The zero-order chi connectivity index (χ0) is 23.1. The molecule has 0 unspecified atom stereocenters. The fourth-order valence-corrected chi connectivity index (χ4v) is 4.73. The predicted octanol–water partition coefficient (Wildman–Crippen LogP) is 1.36. The molecule has 0 aromatic heterocycles. The predicted molar refractivity (Wildman–Crippen MR) is 123 cm³/mol. The Morgan fingerprint density at radius 2 is 1.91 bits per heavy atom. The number of benzene rings is 1. The van der Waals surface area contributed by atoms with Crippen LogP contribution in [0.1, 0.15) is 62.0 Å². The van der Waals surface area contributed by atoms with E-state index >= 15 is 0 Å². The Balaban J connectivity index is 2.03. The number of aliphatic carboxylic acids is 1. The SMILES string of the molecule is CNC(=O)[C@@H]1CCCN1c1ccc(C(=NCC(=O)O)NC(=O)CN)cc1C1CCCCC1. The van der Waals surface area contributed by atoms with Gasteiger partial charge in [-0.25, -0.2) is 0 Å². The van der Waals surface area contributed by atoms with Crippen LogP contribution in [0.15, 0.2) is 23.2 Å². The summed E-state index contributed by atoms with van der Waals surface area (Å²) >= 11 is 0. The lowest BCUT2D eigenvalue weighted by atomic mass is 9.82. The molecule has 2 fully saturated rings. The summed E-state index contributed by atoms with van der Waals surface area (Å²) in [4.78, 5) is 41.8. The number of anilines is 1.